The van der Waals surface area contributed by atoms with Gasteiger partial charge in [-0.15, -0.1) is 0 Å². The highest BCUT2D eigenvalue weighted by Gasteiger charge is 2.11. The summed E-state index contributed by atoms with van der Waals surface area (Å²) in [5, 5.41) is 3.04. The lowest BCUT2D eigenvalue weighted by Gasteiger charge is -2.12. The lowest BCUT2D eigenvalue weighted by atomic mass is 10.0. The van der Waals surface area contributed by atoms with Crippen LogP contribution in [0.2, 0.25) is 0 Å². The zero-order valence-corrected chi connectivity index (χ0v) is 15.9. The van der Waals surface area contributed by atoms with Crippen LogP contribution in [-0.4, -0.2) is 5.91 Å². The van der Waals surface area contributed by atoms with Crippen molar-refractivity contribution in [3.05, 3.63) is 126 Å². The first-order valence-electron chi connectivity index (χ1n) is 9.54. The van der Waals surface area contributed by atoms with Gasteiger partial charge in [0.25, 0.3) is 5.91 Å². The van der Waals surface area contributed by atoms with Gasteiger partial charge in [0, 0.05) is 11.3 Å². The van der Waals surface area contributed by atoms with Gasteiger partial charge in [0.2, 0.25) is 0 Å². The van der Waals surface area contributed by atoms with Crippen LogP contribution in [0.15, 0.2) is 109 Å². The summed E-state index contributed by atoms with van der Waals surface area (Å²) in [5.41, 5.74) is 3.64. The van der Waals surface area contributed by atoms with E-state index >= 15 is 0 Å². The molecule has 3 nitrogen and oxygen atoms in total. The molecule has 0 atom stereocenters. The molecule has 3 heteroatoms. The molecule has 0 radical (unpaired) electrons. The summed E-state index contributed by atoms with van der Waals surface area (Å²) in [5.74, 6) is 1.20. The summed E-state index contributed by atoms with van der Waals surface area (Å²) in [6.07, 6.45) is 0.758. The van der Waals surface area contributed by atoms with E-state index in [4.69, 9.17) is 4.74 Å². The fourth-order valence-electron chi connectivity index (χ4n) is 3.13. The number of rotatable bonds is 6. The first-order chi connectivity index (χ1) is 14.3. The topological polar surface area (TPSA) is 38.3 Å². The van der Waals surface area contributed by atoms with Crippen molar-refractivity contribution in [3.63, 3.8) is 0 Å². The predicted octanol–water partition coefficient (Wildman–Crippen LogP) is 6.32. The summed E-state index contributed by atoms with van der Waals surface area (Å²) in [4.78, 5) is 12.9. The molecule has 0 heterocycles. The summed E-state index contributed by atoms with van der Waals surface area (Å²) < 4.78 is 5.84. The molecular weight excluding hydrogens is 358 g/mol. The number of para-hydroxylation sites is 2. The highest BCUT2D eigenvalue weighted by Crippen LogP contribution is 2.24. The maximum absolute atomic E-state index is 12.9. The number of carbonyl (C=O) groups excluding carboxylic acids is 1. The van der Waals surface area contributed by atoms with Gasteiger partial charge in [-0.2, -0.15) is 0 Å². The monoisotopic (exact) mass is 379 g/mol. The van der Waals surface area contributed by atoms with Crippen LogP contribution in [0.4, 0.5) is 5.69 Å². The van der Waals surface area contributed by atoms with Crippen LogP contribution in [0.5, 0.6) is 11.5 Å². The van der Waals surface area contributed by atoms with E-state index in [-0.39, 0.29) is 5.91 Å². The molecule has 0 aromatic heterocycles. The Labute approximate surface area is 170 Å². The molecule has 1 N–H and O–H groups in total. The molecule has 0 aliphatic rings. The van der Waals surface area contributed by atoms with E-state index in [0.29, 0.717) is 11.3 Å². The van der Waals surface area contributed by atoms with Crippen molar-refractivity contribution in [1.29, 1.82) is 0 Å². The van der Waals surface area contributed by atoms with E-state index in [1.54, 1.807) is 12.1 Å². The van der Waals surface area contributed by atoms with Gasteiger partial charge in [-0.3, -0.25) is 4.79 Å². The Balaban J connectivity index is 1.51. The zero-order chi connectivity index (χ0) is 19.9. The minimum absolute atomic E-state index is 0.163. The van der Waals surface area contributed by atoms with E-state index in [2.05, 4.69) is 17.4 Å². The zero-order valence-electron chi connectivity index (χ0n) is 15.9. The normalized spacial score (nSPS) is 10.3. The van der Waals surface area contributed by atoms with Gasteiger partial charge in [0.1, 0.15) is 11.5 Å². The second kappa shape index (κ2) is 8.89. The van der Waals surface area contributed by atoms with Crippen molar-refractivity contribution >= 4 is 11.6 Å². The first-order valence-corrected chi connectivity index (χ1v) is 9.54. The first kappa shape index (κ1) is 18.5. The molecule has 4 aromatic carbocycles. The van der Waals surface area contributed by atoms with Crippen LogP contribution in [0, 0.1) is 0 Å². The maximum atomic E-state index is 12.9. The lowest BCUT2D eigenvalue weighted by Crippen LogP contribution is -2.13. The number of benzene rings is 4. The quantitative estimate of drug-likeness (QED) is 0.425. The fraction of sp³-hybridized carbons (Fsp3) is 0.0385. The van der Waals surface area contributed by atoms with Crippen LogP contribution in [0.3, 0.4) is 0 Å². The average molecular weight is 379 g/mol. The third kappa shape index (κ3) is 4.90. The Morgan fingerprint density at radius 3 is 2.14 bits per heavy atom. The summed E-state index contributed by atoms with van der Waals surface area (Å²) in [7, 11) is 0. The molecule has 1 amide bonds. The fourth-order valence-corrected chi connectivity index (χ4v) is 3.13. The third-order valence-corrected chi connectivity index (χ3v) is 4.58. The number of anilines is 1. The van der Waals surface area contributed by atoms with E-state index < -0.39 is 0 Å². The van der Waals surface area contributed by atoms with Crippen LogP contribution >= 0.6 is 0 Å². The van der Waals surface area contributed by atoms with Crippen molar-refractivity contribution in [2.75, 3.05) is 5.32 Å². The van der Waals surface area contributed by atoms with Gasteiger partial charge in [-0.05, 0) is 53.9 Å². The molecule has 0 aliphatic heterocycles. The smallest absolute Gasteiger partial charge is 0.255 e. The number of hydrogen-bond acceptors (Lipinski definition) is 2. The minimum Gasteiger partial charge on any atom is -0.457 e. The SMILES string of the molecule is O=C(Nc1ccccc1Cc1ccccc1)c1cccc(Oc2ccccc2)c1. The molecule has 4 rings (SSSR count). The van der Waals surface area contributed by atoms with E-state index in [0.717, 1.165) is 23.4 Å². The minimum atomic E-state index is -0.163. The molecule has 0 saturated heterocycles. The van der Waals surface area contributed by atoms with Gasteiger partial charge in [-0.1, -0.05) is 72.8 Å². The molecule has 142 valence electrons. The van der Waals surface area contributed by atoms with E-state index in [1.165, 1.54) is 5.56 Å². The van der Waals surface area contributed by atoms with Crippen LogP contribution in [-0.2, 0) is 6.42 Å². The van der Waals surface area contributed by atoms with Crippen molar-refractivity contribution in [2.24, 2.45) is 0 Å². The molecule has 0 unspecified atom stereocenters. The number of nitrogens with one attached hydrogen (secondary N) is 1. The highest BCUT2D eigenvalue weighted by atomic mass is 16.5. The Morgan fingerprint density at radius 2 is 1.34 bits per heavy atom. The molecule has 0 bridgehead atoms. The number of carbonyl (C=O) groups is 1. The summed E-state index contributed by atoms with van der Waals surface area (Å²) in [6.45, 7) is 0. The van der Waals surface area contributed by atoms with E-state index in [9.17, 15) is 4.79 Å². The van der Waals surface area contributed by atoms with Gasteiger partial charge < -0.3 is 10.1 Å². The van der Waals surface area contributed by atoms with Gasteiger partial charge >= 0.3 is 0 Å². The standard InChI is InChI=1S/C26H21NO2/c28-26(22-13-9-16-24(19-22)29-23-14-5-2-6-15-23)27-25-17-8-7-12-21(25)18-20-10-3-1-4-11-20/h1-17,19H,18H2,(H,27,28). The Morgan fingerprint density at radius 1 is 0.690 bits per heavy atom. The third-order valence-electron chi connectivity index (χ3n) is 4.58. The lowest BCUT2D eigenvalue weighted by molar-refractivity contribution is 0.102. The van der Waals surface area contributed by atoms with E-state index in [1.807, 2.05) is 84.9 Å². The van der Waals surface area contributed by atoms with Crippen molar-refractivity contribution in [2.45, 2.75) is 6.42 Å². The van der Waals surface area contributed by atoms with Crippen LogP contribution < -0.4 is 10.1 Å². The highest BCUT2D eigenvalue weighted by molar-refractivity contribution is 6.04. The number of hydrogen-bond donors (Lipinski definition) is 1. The molecule has 4 aromatic rings. The molecule has 29 heavy (non-hydrogen) atoms. The number of amides is 1. The second-order valence-corrected chi connectivity index (χ2v) is 6.72. The molecule has 0 fully saturated rings. The van der Waals surface area contributed by atoms with Crippen molar-refractivity contribution < 1.29 is 9.53 Å². The van der Waals surface area contributed by atoms with Crippen molar-refractivity contribution in [3.8, 4) is 11.5 Å². The molecule has 0 spiro atoms. The Bertz CT molecular complexity index is 1090. The van der Waals surface area contributed by atoms with Crippen LogP contribution in [0.1, 0.15) is 21.5 Å². The largest absolute Gasteiger partial charge is 0.457 e. The molecular formula is C26H21NO2. The molecule has 0 aliphatic carbocycles. The maximum Gasteiger partial charge on any atom is 0.255 e. The summed E-state index contributed by atoms with van der Waals surface area (Å²) >= 11 is 0. The average Bonchev–Trinajstić information content (AvgIpc) is 2.77. The Kier molecular flexibility index (Phi) is 5.68. The summed E-state index contributed by atoms with van der Waals surface area (Å²) in [6, 6.07) is 34.8. The van der Waals surface area contributed by atoms with Gasteiger partial charge in [-0.25, -0.2) is 0 Å². The molecule has 0 saturated carbocycles. The number of ether oxygens (including phenoxy) is 1. The van der Waals surface area contributed by atoms with Crippen LogP contribution in [0.25, 0.3) is 0 Å². The Hall–Kier alpha value is -3.85. The second-order valence-electron chi connectivity index (χ2n) is 6.72. The van der Waals surface area contributed by atoms with Gasteiger partial charge in [0.05, 0.1) is 0 Å². The van der Waals surface area contributed by atoms with Crippen molar-refractivity contribution in [1.82, 2.24) is 0 Å². The van der Waals surface area contributed by atoms with Gasteiger partial charge in [0.15, 0.2) is 0 Å². The predicted molar refractivity (Wildman–Crippen MR) is 117 cm³/mol.